The van der Waals surface area contributed by atoms with Crippen molar-refractivity contribution in [1.29, 1.82) is 0 Å². The number of sulfonamides is 1. The molecule has 0 amide bonds. The molecule has 6 nitrogen and oxygen atoms in total. The van der Waals surface area contributed by atoms with Crippen molar-refractivity contribution in [3.8, 4) is 0 Å². The molecule has 0 aromatic heterocycles. The lowest BCUT2D eigenvalue weighted by Crippen LogP contribution is -2.30. The van der Waals surface area contributed by atoms with Gasteiger partial charge < -0.3 is 9.47 Å². The Balaban J connectivity index is 2.92. The second kappa shape index (κ2) is 8.26. The van der Waals surface area contributed by atoms with E-state index in [4.69, 9.17) is 9.47 Å². The second-order valence-electron chi connectivity index (χ2n) is 5.09. The minimum absolute atomic E-state index is 0.0450. The van der Waals surface area contributed by atoms with Crippen LogP contribution in [0.5, 0.6) is 0 Å². The first-order valence-electron chi connectivity index (χ1n) is 7.15. The third kappa shape index (κ3) is 5.40. The molecular formula is C15H23NO5S. The molecule has 7 heteroatoms. The zero-order valence-electron chi connectivity index (χ0n) is 13.4. The topological polar surface area (TPSA) is 81.7 Å². The van der Waals surface area contributed by atoms with Gasteiger partial charge in [0, 0.05) is 12.6 Å². The fourth-order valence-corrected chi connectivity index (χ4v) is 3.06. The van der Waals surface area contributed by atoms with Gasteiger partial charge in [0.2, 0.25) is 10.0 Å². The maximum Gasteiger partial charge on any atom is 0.338 e. The molecule has 0 aliphatic rings. The molecule has 0 unspecified atom stereocenters. The molecular weight excluding hydrogens is 306 g/mol. The number of hydrogen-bond acceptors (Lipinski definition) is 5. The summed E-state index contributed by atoms with van der Waals surface area (Å²) in [7, 11) is -3.64. The van der Waals surface area contributed by atoms with Crippen molar-refractivity contribution in [2.24, 2.45) is 0 Å². The molecule has 0 atom stereocenters. The average molecular weight is 329 g/mol. The maximum atomic E-state index is 12.1. The maximum absolute atomic E-state index is 12.1. The van der Waals surface area contributed by atoms with Crippen LogP contribution >= 0.6 is 0 Å². The van der Waals surface area contributed by atoms with E-state index in [0.717, 1.165) is 0 Å². The normalized spacial score (nSPS) is 11.7. The van der Waals surface area contributed by atoms with Gasteiger partial charge in [-0.2, -0.15) is 0 Å². The number of nitrogens with one attached hydrogen (secondary N) is 1. The van der Waals surface area contributed by atoms with Crippen LogP contribution in [0.25, 0.3) is 0 Å². The van der Waals surface area contributed by atoms with Crippen LogP contribution in [0.3, 0.4) is 0 Å². The summed E-state index contributed by atoms with van der Waals surface area (Å²) in [6.45, 7) is 8.03. The van der Waals surface area contributed by atoms with Gasteiger partial charge in [-0.15, -0.1) is 0 Å². The molecule has 1 aromatic rings. The quantitative estimate of drug-likeness (QED) is 0.582. The van der Waals surface area contributed by atoms with Gasteiger partial charge in [0.15, 0.2) is 0 Å². The van der Waals surface area contributed by atoms with Crippen LogP contribution in [0.4, 0.5) is 0 Å². The van der Waals surface area contributed by atoms with Crippen molar-refractivity contribution in [2.75, 3.05) is 19.8 Å². The number of hydrogen-bond donors (Lipinski definition) is 1. The third-order valence-electron chi connectivity index (χ3n) is 2.80. The Morgan fingerprint density at radius 1 is 1.27 bits per heavy atom. The fourth-order valence-electron chi connectivity index (χ4n) is 1.78. The van der Waals surface area contributed by atoms with E-state index in [-0.39, 0.29) is 23.1 Å². The smallest absolute Gasteiger partial charge is 0.338 e. The number of benzene rings is 1. The Kier molecular flexibility index (Phi) is 6.99. The first kappa shape index (κ1) is 18.6. The first-order valence-corrected chi connectivity index (χ1v) is 8.64. The molecule has 1 rings (SSSR count). The van der Waals surface area contributed by atoms with Gasteiger partial charge >= 0.3 is 5.97 Å². The van der Waals surface area contributed by atoms with Gasteiger partial charge in [-0.25, -0.2) is 17.9 Å². The Bertz CT molecular complexity index is 610. The minimum atomic E-state index is -3.64. The molecule has 0 radical (unpaired) electrons. The zero-order chi connectivity index (χ0) is 16.8. The molecule has 0 spiro atoms. The van der Waals surface area contributed by atoms with Crippen molar-refractivity contribution < 1.29 is 22.7 Å². The third-order valence-corrected chi connectivity index (χ3v) is 4.45. The molecule has 22 heavy (non-hydrogen) atoms. The van der Waals surface area contributed by atoms with Gasteiger partial charge in [0.1, 0.15) is 6.61 Å². The lowest BCUT2D eigenvalue weighted by Gasteiger charge is -2.12. The summed E-state index contributed by atoms with van der Waals surface area (Å²) < 4.78 is 36.9. The monoisotopic (exact) mass is 329 g/mol. The SMILES string of the molecule is CCOCCOC(=O)c1cc(S(=O)(=O)NC(C)C)ccc1C. The number of esters is 1. The molecule has 1 aromatic carbocycles. The molecule has 124 valence electrons. The predicted molar refractivity (Wildman–Crippen MR) is 83.4 cm³/mol. The summed E-state index contributed by atoms with van der Waals surface area (Å²) in [4.78, 5) is 12.1. The highest BCUT2D eigenvalue weighted by molar-refractivity contribution is 7.89. The Morgan fingerprint density at radius 2 is 1.95 bits per heavy atom. The van der Waals surface area contributed by atoms with Crippen LogP contribution in [0.2, 0.25) is 0 Å². The average Bonchev–Trinajstić information content (AvgIpc) is 2.42. The van der Waals surface area contributed by atoms with Crippen molar-refractivity contribution in [3.05, 3.63) is 29.3 Å². The largest absolute Gasteiger partial charge is 0.460 e. The van der Waals surface area contributed by atoms with Crippen LogP contribution in [0.15, 0.2) is 23.1 Å². The van der Waals surface area contributed by atoms with Crippen molar-refractivity contribution >= 4 is 16.0 Å². The fraction of sp³-hybridized carbons (Fsp3) is 0.533. The Hall–Kier alpha value is -1.44. The van der Waals surface area contributed by atoms with Crippen LogP contribution < -0.4 is 4.72 Å². The highest BCUT2D eigenvalue weighted by Crippen LogP contribution is 2.17. The lowest BCUT2D eigenvalue weighted by atomic mass is 10.1. The van der Waals surface area contributed by atoms with Gasteiger partial charge in [-0.05, 0) is 45.4 Å². The lowest BCUT2D eigenvalue weighted by molar-refractivity contribution is 0.0334. The van der Waals surface area contributed by atoms with Gasteiger partial charge in [0.05, 0.1) is 17.1 Å². The molecule has 0 heterocycles. The molecule has 1 N–H and O–H groups in total. The van der Waals surface area contributed by atoms with E-state index in [1.807, 2.05) is 6.92 Å². The Labute approximate surface area is 131 Å². The molecule has 0 bridgehead atoms. The summed E-state index contributed by atoms with van der Waals surface area (Å²) in [5.41, 5.74) is 0.896. The van der Waals surface area contributed by atoms with E-state index in [9.17, 15) is 13.2 Å². The summed E-state index contributed by atoms with van der Waals surface area (Å²) in [6.07, 6.45) is 0. The standard InChI is InChI=1S/C15H23NO5S/c1-5-20-8-9-21-15(17)14-10-13(7-6-12(14)4)22(18,19)16-11(2)3/h6-7,10-11,16H,5,8-9H2,1-4H3. The summed E-state index contributed by atoms with van der Waals surface area (Å²) in [5, 5.41) is 0. The van der Waals surface area contributed by atoms with Crippen LogP contribution in [-0.4, -0.2) is 40.2 Å². The molecule has 0 saturated carbocycles. The summed E-state index contributed by atoms with van der Waals surface area (Å²) in [6, 6.07) is 4.17. The highest BCUT2D eigenvalue weighted by atomic mass is 32.2. The predicted octanol–water partition coefficient (Wildman–Crippen LogP) is 1.88. The van der Waals surface area contributed by atoms with E-state index in [1.165, 1.54) is 12.1 Å². The van der Waals surface area contributed by atoms with E-state index < -0.39 is 16.0 Å². The number of aryl methyl sites for hydroxylation is 1. The van der Waals surface area contributed by atoms with Crippen molar-refractivity contribution in [1.82, 2.24) is 4.72 Å². The first-order chi connectivity index (χ1) is 10.3. The van der Waals surface area contributed by atoms with Gasteiger partial charge in [0.25, 0.3) is 0 Å². The number of carbonyl (C=O) groups is 1. The zero-order valence-corrected chi connectivity index (χ0v) is 14.2. The van der Waals surface area contributed by atoms with Crippen molar-refractivity contribution in [3.63, 3.8) is 0 Å². The van der Waals surface area contributed by atoms with Crippen molar-refractivity contribution in [2.45, 2.75) is 38.6 Å². The van der Waals surface area contributed by atoms with E-state index in [0.29, 0.717) is 18.8 Å². The highest BCUT2D eigenvalue weighted by Gasteiger charge is 2.19. The van der Waals surface area contributed by atoms with Gasteiger partial charge in [-0.1, -0.05) is 6.07 Å². The van der Waals surface area contributed by atoms with E-state index >= 15 is 0 Å². The number of rotatable bonds is 8. The number of ether oxygens (including phenoxy) is 2. The number of carbonyl (C=O) groups excluding carboxylic acids is 1. The van der Waals surface area contributed by atoms with Gasteiger partial charge in [-0.3, -0.25) is 0 Å². The second-order valence-corrected chi connectivity index (χ2v) is 6.80. The van der Waals surface area contributed by atoms with E-state index in [1.54, 1.807) is 26.8 Å². The molecule has 0 fully saturated rings. The summed E-state index contributed by atoms with van der Waals surface area (Å²) >= 11 is 0. The minimum Gasteiger partial charge on any atom is -0.460 e. The van der Waals surface area contributed by atoms with Crippen LogP contribution in [-0.2, 0) is 19.5 Å². The molecule has 0 aliphatic heterocycles. The molecule has 0 aliphatic carbocycles. The molecule has 0 saturated heterocycles. The van der Waals surface area contributed by atoms with Crippen LogP contribution in [0, 0.1) is 6.92 Å². The van der Waals surface area contributed by atoms with Crippen LogP contribution in [0.1, 0.15) is 36.7 Å². The summed E-state index contributed by atoms with van der Waals surface area (Å²) in [5.74, 6) is -0.557. The van der Waals surface area contributed by atoms with E-state index in [2.05, 4.69) is 4.72 Å². The Morgan fingerprint density at radius 3 is 2.55 bits per heavy atom.